The van der Waals surface area contributed by atoms with E-state index in [0.29, 0.717) is 24.6 Å². The molecule has 2 fully saturated rings. The summed E-state index contributed by atoms with van der Waals surface area (Å²) in [5.74, 6) is -0.140. The Morgan fingerprint density at radius 3 is 2.86 bits per heavy atom. The lowest BCUT2D eigenvalue weighted by molar-refractivity contribution is -0.136. The van der Waals surface area contributed by atoms with Gasteiger partial charge in [-0.2, -0.15) is 0 Å². The van der Waals surface area contributed by atoms with Gasteiger partial charge in [0.15, 0.2) is 0 Å². The van der Waals surface area contributed by atoms with Gasteiger partial charge in [-0.05, 0) is 44.2 Å². The highest BCUT2D eigenvalue weighted by atomic mass is 19.1. The van der Waals surface area contributed by atoms with Gasteiger partial charge < -0.3 is 15.5 Å². The molecule has 0 bridgehead atoms. The van der Waals surface area contributed by atoms with Gasteiger partial charge in [0.05, 0.1) is 6.54 Å². The van der Waals surface area contributed by atoms with Crippen LogP contribution in [0.5, 0.6) is 0 Å². The van der Waals surface area contributed by atoms with Crippen LogP contribution in [0.25, 0.3) is 0 Å². The maximum absolute atomic E-state index is 14.1. The number of anilines is 1. The molecule has 4 rings (SSSR count). The largest absolute Gasteiger partial charge is 0.373 e. The third-order valence-electron chi connectivity index (χ3n) is 6.50. The number of fused-ring (bicyclic) bond motifs is 1. The Morgan fingerprint density at radius 1 is 1.29 bits per heavy atom. The second kappa shape index (κ2) is 7.70. The first-order valence-corrected chi connectivity index (χ1v) is 10.2. The first-order chi connectivity index (χ1) is 13.4. The van der Waals surface area contributed by atoms with Gasteiger partial charge in [-0.25, -0.2) is 4.39 Å². The van der Waals surface area contributed by atoms with Crippen LogP contribution >= 0.6 is 0 Å². The average Bonchev–Trinajstić information content (AvgIpc) is 3.14. The SMILES string of the molecule is Cc1ccc(F)c2c1NC(C(=O)N[C@@H]1CCC[C@H](N3CCN(C)C(=O)C3)C1)C2. The van der Waals surface area contributed by atoms with Crippen LogP contribution in [0, 0.1) is 12.7 Å². The lowest BCUT2D eigenvalue weighted by Gasteiger charge is -2.41. The Balaban J connectivity index is 1.34. The van der Waals surface area contributed by atoms with Gasteiger partial charge in [0, 0.05) is 49.9 Å². The molecule has 3 atom stereocenters. The first kappa shape index (κ1) is 19.2. The zero-order valence-corrected chi connectivity index (χ0v) is 16.6. The fourth-order valence-corrected chi connectivity index (χ4v) is 4.74. The van der Waals surface area contributed by atoms with Crippen LogP contribution in [0.2, 0.25) is 0 Å². The zero-order valence-electron chi connectivity index (χ0n) is 16.6. The predicted molar refractivity (Wildman–Crippen MR) is 106 cm³/mol. The number of halogens is 1. The molecule has 2 heterocycles. The quantitative estimate of drug-likeness (QED) is 0.827. The van der Waals surface area contributed by atoms with Crippen molar-refractivity contribution >= 4 is 17.5 Å². The van der Waals surface area contributed by atoms with E-state index in [1.807, 2.05) is 14.0 Å². The molecule has 1 aromatic carbocycles. The molecule has 2 aliphatic heterocycles. The van der Waals surface area contributed by atoms with E-state index in [9.17, 15) is 14.0 Å². The normalized spacial score (nSPS) is 28.0. The van der Waals surface area contributed by atoms with E-state index in [4.69, 9.17) is 0 Å². The highest BCUT2D eigenvalue weighted by Crippen LogP contribution is 2.32. The molecule has 7 heteroatoms. The van der Waals surface area contributed by atoms with Crippen LogP contribution in [0.15, 0.2) is 12.1 Å². The van der Waals surface area contributed by atoms with E-state index in [-0.39, 0.29) is 23.7 Å². The van der Waals surface area contributed by atoms with Crippen molar-refractivity contribution in [3.63, 3.8) is 0 Å². The fraction of sp³-hybridized carbons (Fsp3) is 0.619. The van der Waals surface area contributed by atoms with Gasteiger partial charge in [0.2, 0.25) is 11.8 Å². The number of nitrogens with one attached hydrogen (secondary N) is 2. The highest BCUT2D eigenvalue weighted by Gasteiger charge is 2.34. The summed E-state index contributed by atoms with van der Waals surface area (Å²) < 4.78 is 14.1. The summed E-state index contributed by atoms with van der Waals surface area (Å²) >= 11 is 0. The van der Waals surface area contributed by atoms with Crippen molar-refractivity contribution in [1.82, 2.24) is 15.1 Å². The van der Waals surface area contributed by atoms with Crippen LogP contribution in [0.4, 0.5) is 10.1 Å². The van der Waals surface area contributed by atoms with Crippen molar-refractivity contribution in [3.05, 3.63) is 29.1 Å². The van der Waals surface area contributed by atoms with Crippen LogP contribution in [-0.4, -0.2) is 66.4 Å². The van der Waals surface area contributed by atoms with Crippen molar-refractivity contribution in [3.8, 4) is 0 Å². The number of hydrogen-bond acceptors (Lipinski definition) is 4. The van der Waals surface area contributed by atoms with Gasteiger partial charge >= 0.3 is 0 Å². The molecule has 1 aliphatic carbocycles. The number of aryl methyl sites for hydroxylation is 1. The standard InChI is InChI=1S/C21H29FN4O2/c1-13-6-7-17(22)16-11-18(24-20(13)16)21(28)23-14-4-3-5-15(10-14)26-9-8-25(2)19(27)12-26/h6-7,14-15,18,24H,3-5,8-12H2,1-2H3,(H,23,28)/t14-,15+,18?/m1/s1. The van der Waals surface area contributed by atoms with E-state index in [1.165, 1.54) is 6.07 Å². The molecule has 0 spiro atoms. The summed E-state index contributed by atoms with van der Waals surface area (Å²) in [5.41, 5.74) is 2.33. The second-order valence-corrected chi connectivity index (χ2v) is 8.43. The van der Waals surface area contributed by atoms with Crippen LogP contribution in [-0.2, 0) is 16.0 Å². The number of nitrogens with zero attached hydrogens (tertiary/aromatic N) is 2. The van der Waals surface area contributed by atoms with Gasteiger partial charge in [-0.15, -0.1) is 0 Å². The smallest absolute Gasteiger partial charge is 0.243 e. The molecule has 0 aromatic heterocycles. The number of hydrogen-bond donors (Lipinski definition) is 2. The molecule has 1 saturated carbocycles. The Morgan fingerprint density at radius 2 is 2.11 bits per heavy atom. The highest BCUT2D eigenvalue weighted by molar-refractivity contribution is 5.88. The lowest BCUT2D eigenvalue weighted by atomic mass is 9.89. The molecule has 3 aliphatic rings. The van der Waals surface area contributed by atoms with E-state index < -0.39 is 6.04 Å². The Labute approximate surface area is 165 Å². The molecule has 1 aromatic rings. The first-order valence-electron chi connectivity index (χ1n) is 10.2. The van der Waals surface area contributed by atoms with Gasteiger partial charge in [0.25, 0.3) is 0 Å². The molecule has 0 radical (unpaired) electrons. The van der Waals surface area contributed by atoms with Gasteiger partial charge in [-0.1, -0.05) is 6.07 Å². The molecular formula is C21H29FN4O2. The average molecular weight is 388 g/mol. The van der Waals surface area contributed by atoms with Crippen LogP contribution in [0.1, 0.15) is 36.8 Å². The molecule has 152 valence electrons. The number of amides is 2. The maximum Gasteiger partial charge on any atom is 0.243 e. The lowest BCUT2D eigenvalue weighted by Crippen LogP contribution is -2.55. The monoisotopic (exact) mass is 388 g/mol. The third kappa shape index (κ3) is 3.72. The minimum atomic E-state index is -0.420. The second-order valence-electron chi connectivity index (χ2n) is 8.43. The summed E-state index contributed by atoms with van der Waals surface area (Å²) in [5, 5.41) is 6.38. The van der Waals surface area contributed by atoms with Gasteiger partial charge in [0.1, 0.15) is 11.9 Å². The fourth-order valence-electron chi connectivity index (χ4n) is 4.74. The summed E-state index contributed by atoms with van der Waals surface area (Å²) in [6.45, 7) is 4.06. The van der Waals surface area contributed by atoms with Crippen molar-refractivity contribution in [2.45, 2.75) is 57.2 Å². The van der Waals surface area contributed by atoms with Crippen molar-refractivity contribution in [2.75, 3.05) is 32.0 Å². The molecular weight excluding hydrogens is 359 g/mol. The number of carbonyl (C=O) groups excluding carboxylic acids is 2. The molecule has 28 heavy (non-hydrogen) atoms. The van der Waals surface area contributed by atoms with Crippen molar-refractivity contribution in [2.24, 2.45) is 0 Å². The maximum atomic E-state index is 14.1. The molecule has 2 amide bonds. The predicted octanol–water partition coefficient (Wildman–Crippen LogP) is 1.67. The summed E-state index contributed by atoms with van der Waals surface area (Å²) in [7, 11) is 1.85. The minimum Gasteiger partial charge on any atom is -0.373 e. The topological polar surface area (TPSA) is 64.7 Å². The van der Waals surface area contributed by atoms with E-state index in [0.717, 1.165) is 50.0 Å². The number of piperazine rings is 1. The molecule has 6 nitrogen and oxygen atoms in total. The minimum absolute atomic E-state index is 0.0601. The summed E-state index contributed by atoms with van der Waals surface area (Å²) in [6, 6.07) is 3.24. The van der Waals surface area contributed by atoms with E-state index in [1.54, 1.807) is 11.0 Å². The van der Waals surface area contributed by atoms with Crippen LogP contribution in [0.3, 0.4) is 0 Å². The summed E-state index contributed by atoms with van der Waals surface area (Å²) in [6.07, 6.45) is 4.33. The molecule has 1 saturated heterocycles. The van der Waals surface area contributed by atoms with E-state index >= 15 is 0 Å². The number of carbonyl (C=O) groups is 2. The number of benzene rings is 1. The Hall–Kier alpha value is -2.15. The third-order valence-corrected chi connectivity index (χ3v) is 6.50. The zero-order chi connectivity index (χ0) is 19.8. The molecule has 1 unspecified atom stereocenters. The Kier molecular flexibility index (Phi) is 5.27. The Bertz CT molecular complexity index is 753. The van der Waals surface area contributed by atoms with E-state index in [2.05, 4.69) is 15.5 Å². The van der Waals surface area contributed by atoms with Crippen molar-refractivity contribution in [1.29, 1.82) is 0 Å². The van der Waals surface area contributed by atoms with Crippen LogP contribution < -0.4 is 10.6 Å². The number of rotatable bonds is 3. The van der Waals surface area contributed by atoms with Gasteiger partial charge in [-0.3, -0.25) is 14.5 Å². The summed E-state index contributed by atoms with van der Waals surface area (Å²) in [4.78, 5) is 28.9. The number of likely N-dealkylation sites (N-methyl/N-ethyl adjacent to an activating group) is 1. The molecule has 2 N–H and O–H groups in total. The van der Waals surface area contributed by atoms with Crippen molar-refractivity contribution < 1.29 is 14.0 Å².